The second-order valence-electron chi connectivity index (χ2n) is 5.78. The highest BCUT2D eigenvalue weighted by atomic mass is 32.1. The van der Waals surface area contributed by atoms with Crippen LogP contribution in [0, 0.1) is 16.7 Å². The van der Waals surface area contributed by atoms with Gasteiger partial charge in [-0.25, -0.2) is 0 Å². The number of hydrogen-bond donors (Lipinski definition) is 1. The summed E-state index contributed by atoms with van der Waals surface area (Å²) < 4.78 is 5.74. The van der Waals surface area contributed by atoms with Gasteiger partial charge in [-0.05, 0) is 35.9 Å². The molecule has 1 N–H and O–H groups in total. The molecule has 14 heavy (non-hydrogen) atoms. The maximum absolute atomic E-state index is 5.74. The van der Waals surface area contributed by atoms with Crippen LogP contribution < -0.4 is 5.32 Å². The van der Waals surface area contributed by atoms with Crippen LogP contribution in [0.5, 0.6) is 0 Å². The summed E-state index contributed by atoms with van der Waals surface area (Å²) in [6.07, 6.45) is 2.95. The van der Waals surface area contributed by atoms with E-state index in [0.717, 1.165) is 0 Å². The summed E-state index contributed by atoms with van der Waals surface area (Å²) in [5, 5.41) is 3.97. The minimum Gasteiger partial charge on any atom is -0.465 e. The fourth-order valence-electron chi connectivity index (χ4n) is 3.96. The van der Waals surface area contributed by atoms with Crippen molar-refractivity contribution in [3.05, 3.63) is 0 Å². The maximum Gasteiger partial charge on any atom is 0.257 e. The quantitative estimate of drug-likeness (QED) is 0.620. The third-order valence-corrected chi connectivity index (χ3v) is 5.52. The smallest absolute Gasteiger partial charge is 0.257 e. The molecule has 2 aliphatic carbocycles. The average Bonchev–Trinajstić information content (AvgIpc) is 2.59. The van der Waals surface area contributed by atoms with E-state index >= 15 is 0 Å². The monoisotopic (exact) mass is 211 g/mol. The van der Waals surface area contributed by atoms with Crippen LogP contribution in [-0.4, -0.2) is 17.3 Å². The molecule has 3 fully saturated rings. The minimum absolute atomic E-state index is 0.344. The highest BCUT2D eigenvalue weighted by molar-refractivity contribution is 7.80. The van der Waals surface area contributed by atoms with Gasteiger partial charge in [0, 0.05) is 5.92 Å². The van der Waals surface area contributed by atoms with Gasteiger partial charge in [-0.2, -0.15) is 0 Å². The zero-order valence-corrected chi connectivity index (χ0v) is 9.78. The van der Waals surface area contributed by atoms with Gasteiger partial charge in [-0.1, -0.05) is 20.8 Å². The molecule has 0 spiro atoms. The molecule has 3 rings (SSSR count). The molecule has 4 atom stereocenters. The van der Waals surface area contributed by atoms with Crippen molar-refractivity contribution in [1.82, 2.24) is 5.32 Å². The van der Waals surface area contributed by atoms with Gasteiger partial charge in [0.2, 0.25) is 0 Å². The van der Waals surface area contributed by atoms with Crippen molar-refractivity contribution in [1.29, 1.82) is 0 Å². The standard InChI is InChI=1S/C11H17NOS/c1-10(2)6-4-5-11(10,3)8-7(6)13-9(14)12-8/h6-8H,4-5H2,1-3H3,(H,12,14). The van der Waals surface area contributed by atoms with Crippen LogP contribution in [0.15, 0.2) is 0 Å². The molecule has 0 aromatic rings. The van der Waals surface area contributed by atoms with Crippen molar-refractivity contribution >= 4 is 17.4 Å². The lowest BCUT2D eigenvalue weighted by Gasteiger charge is -2.37. The first-order chi connectivity index (χ1) is 6.47. The third-order valence-electron chi connectivity index (χ3n) is 5.30. The Kier molecular flexibility index (Phi) is 1.45. The molecule has 0 aromatic heterocycles. The molecule has 0 aromatic carbocycles. The van der Waals surface area contributed by atoms with Crippen LogP contribution in [0.2, 0.25) is 0 Å². The van der Waals surface area contributed by atoms with E-state index in [1.807, 2.05) is 0 Å². The van der Waals surface area contributed by atoms with Crippen molar-refractivity contribution in [2.45, 2.75) is 45.8 Å². The maximum atomic E-state index is 5.74. The molecule has 1 aliphatic heterocycles. The first kappa shape index (κ1) is 8.96. The molecule has 3 aliphatic rings. The van der Waals surface area contributed by atoms with Crippen LogP contribution in [0.4, 0.5) is 0 Å². The van der Waals surface area contributed by atoms with Gasteiger partial charge >= 0.3 is 0 Å². The van der Waals surface area contributed by atoms with Gasteiger partial charge in [0.15, 0.2) is 0 Å². The average molecular weight is 211 g/mol. The molecule has 2 nitrogen and oxygen atoms in total. The van der Waals surface area contributed by atoms with Crippen molar-refractivity contribution in [3.63, 3.8) is 0 Å². The summed E-state index contributed by atoms with van der Waals surface area (Å²) in [5.41, 5.74) is 0.758. The minimum atomic E-state index is 0.344. The van der Waals surface area contributed by atoms with Gasteiger partial charge in [-0.15, -0.1) is 0 Å². The molecule has 1 heterocycles. The van der Waals surface area contributed by atoms with Gasteiger partial charge in [-0.3, -0.25) is 0 Å². The molecular weight excluding hydrogens is 194 g/mol. The van der Waals surface area contributed by atoms with Crippen molar-refractivity contribution in [2.75, 3.05) is 0 Å². The Morgan fingerprint density at radius 3 is 2.79 bits per heavy atom. The summed E-state index contributed by atoms with van der Waals surface area (Å²) in [6, 6.07) is 0.462. The normalized spacial score (nSPS) is 52.8. The molecule has 1 saturated heterocycles. The summed E-state index contributed by atoms with van der Waals surface area (Å²) in [6.45, 7) is 7.16. The molecular formula is C11H17NOS. The lowest BCUT2D eigenvalue weighted by Crippen LogP contribution is -2.45. The van der Waals surface area contributed by atoms with Crippen LogP contribution in [0.3, 0.4) is 0 Å². The molecule has 2 bridgehead atoms. The molecule has 0 radical (unpaired) electrons. The summed E-state index contributed by atoms with van der Waals surface area (Å²) in [5.74, 6) is 0.686. The van der Waals surface area contributed by atoms with E-state index in [4.69, 9.17) is 17.0 Å². The SMILES string of the molecule is CC1(C)C2CCC1(C)C1NC(=S)OC21. The number of hydrogen-bond acceptors (Lipinski definition) is 2. The van der Waals surface area contributed by atoms with E-state index in [1.165, 1.54) is 12.8 Å². The van der Waals surface area contributed by atoms with E-state index in [0.29, 0.717) is 34.1 Å². The van der Waals surface area contributed by atoms with Crippen molar-refractivity contribution < 1.29 is 4.74 Å². The second kappa shape index (κ2) is 2.26. The Morgan fingerprint density at radius 1 is 1.43 bits per heavy atom. The first-order valence-corrected chi connectivity index (χ1v) is 5.85. The van der Waals surface area contributed by atoms with E-state index in [-0.39, 0.29) is 0 Å². The molecule has 78 valence electrons. The van der Waals surface area contributed by atoms with Gasteiger partial charge in [0.05, 0.1) is 6.04 Å². The van der Waals surface area contributed by atoms with Crippen LogP contribution >= 0.6 is 12.2 Å². The predicted molar refractivity (Wildman–Crippen MR) is 59.0 cm³/mol. The van der Waals surface area contributed by atoms with Gasteiger partial charge < -0.3 is 10.1 Å². The third kappa shape index (κ3) is 0.733. The highest BCUT2D eigenvalue weighted by Crippen LogP contribution is 2.66. The van der Waals surface area contributed by atoms with E-state index in [2.05, 4.69) is 26.1 Å². The number of fused-ring (bicyclic) bond motifs is 5. The van der Waals surface area contributed by atoms with E-state index in [1.54, 1.807) is 0 Å². The Balaban J connectivity index is 2.06. The lowest BCUT2D eigenvalue weighted by molar-refractivity contribution is 0.123. The second-order valence-corrected chi connectivity index (χ2v) is 6.15. The number of thiocarbonyl (C=S) groups is 1. The lowest BCUT2D eigenvalue weighted by atomic mass is 9.69. The number of nitrogens with one attached hydrogen (secondary N) is 1. The first-order valence-electron chi connectivity index (χ1n) is 5.44. The summed E-state index contributed by atoms with van der Waals surface area (Å²) in [7, 11) is 0. The topological polar surface area (TPSA) is 21.3 Å². The largest absolute Gasteiger partial charge is 0.465 e. The Bertz CT molecular complexity index is 314. The zero-order chi connectivity index (χ0) is 10.1. The Labute approximate surface area is 90.4 Å². The molecule has 2 saturated carbocycles. The fourth-order valence-corrected chi connectivity index (χ4v) is 4.20. The van der Waals surface area contributed by atoms with Gasteiger partial charge in [0.1, 0.15) is 6.10 Å². The van der Waals surface area contributed by atoms with Crippen molar-refractivity contribution in [2.24, 2.45) is 16.7 Å². The zero-order valence-electron chi connectivity index (χ0n) is 8.96. The van der Waals surface area contributed by atoms with Crippen LogP contribution in [-0.2, 0) is 4.74 Å². The van der Waals surface area contributed by atoms with Crippen LogP contribution in [0.25, 0.3) is 0 Å². The predicted octanol–water partition coefficient (Wildman–Crippen LogP) is 2.08. The summed E-state index contributed by atoms with van der Waals surface area (Å²) >= 11 is 5.10. The Morgan fingerprint density at radius 2 is 2.14 bits per heavy atom. The summed E-state index contributed by atoms with van der Waals surface area (Å²) in [4.78, 5) is 0. The van der Waals surface area contributed by atoms with Crippen LogP contribution in [0.1, 0.15) is 33.6 Å². The number of ether oxygens (including phenoxy) is 1. The number of rotatable bonds is 0. The van der Waals surface area contributed by atoms with Crippen molar-refractivity contribution in [3.8, 4) is 0 Å². The van der Waals surface area contributed by atoms with Gasteiger partial charge in [0.25, 0.3) is 5.17 Å². The molecule has 4 unspecified atom stereocenters. The molecule has 0 amide bonds. The van der Waals surface area contributed by atoms with E-state index in [9.17, 15) is 0 Å². The van der Waals surface area contributed by atoms with E-state index < -0.39 is 0 Å². The molecule has 3 heteroatoms. The highest BCUT2D eigenvalue weighted by Gasteiger charge is 2.69. The fraction of sp³-hybridized carbons (Fsp3) is 0.909. The Hall–Kier alpha value is -0.310.